The van der Waals surface area contributed by atoms with E-state index in [2.05, 4.69) is 0 Å². The Morgan fingerprint density at radius 2 is 1.64 bits per heavy atom. The van der Waals surface area contributed by atoms with Gasteiger partial charge in [-0.3, -0.25) is 4.79 Å². The Morgan fingerprint density at radius 1 is 1.00 bits per heavy atom. The summed E-state index contributed by atoms with van der Waals surface area (Å²) in [5.41, 5.74) is 1.000. The highest BCUT2D eigenvalue weighted by Gasteiger charge is 2.31. The van der Waals surface area contributed by atoms with Crippen LogP contribution in [0.2, 0.25) is 0 Å². The summed E-state index contributed by atoms with van der Waals surface area (Å²) in [6, 6.07) is 9.90. The lowest BCUT2D eigenvalue weighted by atomic mass is 9.85. The molecule has 0 spiro atoms. The smallest absolute Gasteiger partial charge is 0.225 e. The number of aliphatic hydroxyl groups is 1. The predicted octanol–water partition coefficient (Wildman–Crippen LogP) is 3.54. The van der Waals surface area contributed by atoms with Gasteiger partial charge in [-0.1, -0.05) is 49.6 Å². The van der Waals surface area contributed by atoms with Crippen molar-refractivity contribution in [1.29, 1.82) is 0 Å². The Hall–Kier alpha value is -1.35. The number of hydrogen-bond acceptors (Lipinski definition) is 2. The Morgan fingerprint density at radius 3 is 2.27 bits per heavy atom. The zero-order valence-corrected chi connectivity index (χ0v) is 13.3. The molecule has 1 saturated heterocycles. The number of hydrogen-bond donors (Lipinski definition) is 1. The topological polar surface area (TPSA) is 40.5 Å². The molecular weight excluding hydrogens is 274 g/mol. The van der Waals surface area contributed by atoms with Crippen LogP contribution in [0.25, 0.3) is 0 Å². The summed E-state index contributed by atoms with van der Waals surface area (Å²) in [4.78, 5) is 14.6. The molecule has 1 aromatic carbocycles. The van der Waals surface area contributed by atoms with Crippen molar-refractivity contribution in [2.45, 2.75) is 51.0 Å². The van der Waals surface area contributed by atoms with Gasteiger partial charge >= 0.3 is 0 Å². The molecule has 1 saturated carbocycles. The molecule has 0 unspecified atom stereocenters. The molecule has 1 aromatic rings. The summed E-state index contributed by atoms with van der Waals surface area (Å²) >= 11 is 0. The molecule has 1 aliphatic heterocycles. The molecule has 3 nitrogen and oxygen atoms in total. The summed E-state index contributed by atoms with van der Waals surface area (Å²) in [5, 5.41) is 10.5. The van der Waals surface area contributed by atoms with E-state index in [9.17, 15) is 9.90 Å². The SMILES string of the molecule is O=C(C1CCCCC1)N1CCC([C@H](O)c2ccccc2)CC1. The minimum atomic E-state index is -0.395. The first kappa shape index (κ1) is 15.5. The molecule has 1 amide bonds. The lowest BCUT2D eigenvalue weighted by molar-refractivity contribution is -0.138. The normalized spacial score (nSPS) is 22.5. The summed E-state index contributed by atoms with van der Waals surface area (Å²) in [6.07, 6.45) is 7.28. The van der Waals surface area contributed by atoms with E-state index in [1.54, 1.807) is 0 Å². The fourth-order valence-corrected chi connectivity index (χ4v) is 3.97. The number of likely N-dealkylation sites (tertiary alicyclic amines) is 1. The van der Waals surface area contributed by atoms with Crippen LogP contribution in [0.1, 0.15) is 56.6 Å². The molecule has 3 heteroatoms. The molecule has 2 fully saturated rings. The predicted molar refractivity (Wildman–Crippen MR) is 87.3 cm³/mol. The van der Waals surface area contributed by atoms with Crippen LogP contribution in [-0.4, -0.2) is 29.0 Å². The van der Waals surface area contributed by atoms with Crippen molar-refractivity contribution in [3.8, 4) is 0 Å². The Balaban J connectivity index is 1.52. The zero-order valence-electron chi connectivity index (χ0n) is 13.3. The van der Waals surface area contributed by atoms with Gasteiger partial charge in [0.05, 0.1) is 6.10 Å². The number of nitrogens with zero attached hydrogens (tertiary/aromatic N) is 1. The first-order chi connectivity index (χ1) is 10.8. The van der Waals surface area contributed by atoms with Gasteiger partial charge in [-0.05, 0) is 37.2 Å². The monoisotopic (exact) mass is 301 g/mol. The van der Waals surface area contributed by atoms with Crippen molar-refractivity contribution >= 4 is 5.91 Å². The van der Waals surface area contributed by atoms with Gasteiger partial charge in [0.2, 0.25) is 5.91 Å². The highest BCUT2D eigenvalue weighted by molar-refractivity contribution is 5.79. The molecule has 1 aliphatic carbocycles. The van der Waals surface area contributed by atoms with Crippen LogP contribution in [0.15, 0.2) is 30.3 Å². The van der Waals surface area contributed by atoms with E-state index in [4.69, 9.17) is 0 Å². The average molecular weight is 301 g/mol. The quantitative estimate of drug-likeness (QED) is 0.927. The van der Waals surface area contributed by atoms with Crippen LogP contribution in [-0.2, 0) is 4.79 Å². The van der Waals surface area contributed by atoms with E-state index in [-0.39, 0.29) is 11.8 Å². The van der Waals surface area contributed by atoms with Crippen molar-refractivity contribution in [2.75, 3.05) is 13.1 Å². The number of aliphatic hydroxyl groups excluding tert-OH is 1. The van der Waals surface area contributed by atoms with Gasteiger partial charge < -0.3 is 10.0 Å². The third-order valence-electron chi connectivity index (χ3n) is 5.39. The van der Waals surface area contributed by atoms with E-state index in [1.807, 2.05) is 35.2 Å². The van der Waals surface area contributed by atoms with Crippen molar-refractivity contribution < 1.29 is 9.90 Å². The summed E-state index contributed by atoms with van der Waals surface area (Å²) in [6.45, 7) is 1.62. The molecular formula is C19H27NO2. The van der Waals surface area contributed by atoms with Crippen LogP contribution < -0.4 is 0 Å². The molecule has 0 bridgehead atoms. The summed E-state index contributed by atoms with van der Waals surface area (Å²) < 4.78 is 0. The van der Waals surface area contributed by atoms with E-state index < -0.39 is 6.10 Å². The summed E-state index contributed by atoms with van der Waals surface area (Å²) in [7, 11) is 0. The number of carbonyl (C=O) groups excluding carboxylic acids is 1. The third-order valence-corrected chi connectivity index (χ3v) is 5.39. The van der Waals surface area contributed by atoms with E-state index in [0.29, 0.717) is 5.91 Å². The van der Waals surface area contributed by atoms with E-state index in [1.165, 1.54) is 19.3 Å². The number of rotatable bonds is 3. The largest absolute Gasteiger partial charge is 0.388 e. The molecule has 0 radical (unpaired) electrons. The number of amides is 1. The fourth-order valence-electron chi connectivity index (χ4n) is 3.97. The first-order valence-corrected chi connectivity index (χ1v) is 8.77. The molecule has 120 valence electrons. The second-order valence-corrected chi connectivity index (χ2v) is 6.85. The van der Waals surface area contributed by atoms with Gasteiger partial charge in [-0.2, -0.15) is 0 Å². The van der Waals surface area contributed by atoms with E-state index >= 15 is 0 Å². The van der Waals surface area contributed by atoms with Crippen LogP contribution in [0.3, 0.4) is 0 Å². The standard InChI is InChI=1S/C19H27NO2/c21-18(15-7-3-1-4-8-15)16-11-13-20(14-12-16)19(22)17-9-5-2-6-10-17/h1,3-4,7-8,16-18,21H,2,5-6,9-14H2/t18-/m1/s1. The molecule has 1 N–H and O–H groups in total. The zero-order chi connectivity index (χ0) is 15.4. The molecule has 0 aromatic heterocycles. The lowest BCUT2D eigenvalue weighted by Gasteiger charge is -2.36. The highest BCUT2D eigenvalue weighted by Crippen LogP contribution is 2.32. The van der Waals surface area contributed by atoms with Crippen molar-refractivity contribution in [2.24, 2.45) is 11.8 Å². The Labute approximate surface area is 133 Å². The second kappa shape index (κ2) is 7.28. The van der Waals surface area contributed by atoms with E-state index in [0.717, 1.165) is 44.3 Å². The molecule has 1 heterocycles. The van der Waals surface area contributed by atoms with Crippen molar-refractivity contribution in [1.82, 2.24) is 4.90 Å². The molecule has 1 atom stereocenters. The second-order valence-electron chi connectivity index (χ2n) is 6.85. The van der Waals surface area contributed by atoms with Crippen LogP contribution >= 0.6 is 0 Å². The first-order valence-electron chi connectivity index (χ1n) is 8.77. The maximum Gasteiger partial charge on any atom is 0.225 e. The van der Waals surface area contributed by atoms with Gasteiger partial charge in [-0.15, -0.1) is 0 Å². The van der Waals surface area contributed by atoms with Crippen molar-refractivity contribution in [3.63, 3.8) is 0 Å². The minimum Gasteiger partial charge on any atom is -0.388 e. The number of carbonyl (C=O) groups is 1. The van der Waals surface area contributed by atoms with Gasteiger partial charge in [0.1, 0.15) is 0 Å². The van der Waals surface area contributed by atoms with Gasteiger partial charge in [0.15, 0.2) is 0 Å². The fraction of sp³-hybridized carbons (Fsp3) is 0.632. The molecule has 3 rings (SSSR count). The minimum absolute atomic E-state index is 0.268. The Bertz CT molecular complexity index is 473. The van der Waals surface area contributed by atoms with Gasteiger partial charge in [-0.25, -0.2) is 0 Å². The lowest BCUT2D eigenvalue weighted by Crippen LogP contribution is -2.43. The summed E-state index contributed by atoms with van der Waals surface area (Å²) in [5.74, 6) is 0.912. The van der Waals surface area contributed by atoms with Crippen LogP contribution in [0.4, 0.5) is 0 Å². The van der Waals surface area contributed by atoms with Crippen LogP contribution in [0.5, 0.6) is 0 Å². The molecule has 2 aliphatic rings. The van der Waals surface area contributed by atoms with Crippen LogP contribution in [0, 0.1) is 11.8 Å². The maximum absolute atomic E-state index is 12.6. The van der Waals surface area contributed by atoms with Crippen molar-refractivity contribution in [3.05, 3.63) is 35.9 Å². The third kappa shape index (κ3) is 3.52. The Kier molecular flexibility index (Phi) is 5.14. The maximum atomic E-state index is 12.6. The van der Waals surface area contributed by atoms with Gasteiger partial charge in [0, 0.05) is 19.0 Å². The number of piperidine rings is 1. The number of benzene rings is 1. The average Bonchev–Trinajstić information content (AvgIpc) is 2.62. The highest BCUT2D eigenvalue weighted by atomic mass is 16.3. The molecule has 22 heavy (non-hydrogen) atoms. The van der Waals surface area contributed by atoms with Gasteiger partial charge in [0.25, 0.3) is 0 Å².